The molecule has 0 radical (unpaired) electrons. The second-order valence-corrected chi connectivity index (χ2v) is 6.83. The van der Waals surface area contributed by atoms with Crippen molar-refractivity contribution in [3.05, 3.63) is 0 Å². The van der Waals surface area contributed by atoms with E-state index in [1.54, 1.807) is 13.8 Å². The minimum atomic E-state index is -3.70. The highest BCUT2D eigenvalue weighted by Gasteiger charge is 2.20. The van der Waals surface area contributed by atoms with Crippen molar-refractivity contribution in [3.8, 4) is 0 Å². The molecule has 1 rings (SSSR count). The van der Waals surface area contributed by atoms with E-state index in [4.69, 9.17) is 4.74 Å². The van der Waals surface area contributed by atoms with E-state index in [1.807, 2.05) is 0 Å². The van der Waals surface area contributed by atoms with E-state index >= 15 is 0 Å². The standard InChI is InChI=1S/C9H16N4O4S2/c1-6(2)7(14)11-8-12-13-9(18-8)19(15,16)10-4-5-17-3/h6,10H,4-5H2,1-3H3,(H,11,12,14). The number of carbonyl (C=O) groups is 1. The average molecular weight is 308 g/mol. The first-order valence-corrected chi connectivity index (χ1v) is 7.79. The second kappa shape index (κ2) is 6.89. The maximum Gasteiger partial charge on any atom is 0.269 e. The van der Waals surface area contributed by atoms with Crippen molar-refractivity contribution in [2.75, 3.05) is 25.6 Å². The maximum absolute atomic E-state index is 11.8. The number of hydrogen-bond donors (Lipinski definition) is 2. The van der Waals surface area contributed by atoms with Crippen molar-refractivity contribution < 1.29 is 17.9 Å². The molecule has 0 aromatic carbocycles. The van der Waals surface area contributed by atoms with E-state index < -0.39 is 10.0 Å². The molecule has 0 fully saturated rings. The monoisotopic (exact) mass is 308 g/mol. The van der Waals surface area contributed by atoms with Crippen molar-refractivity contribution in [1.82, 2.24) is 14.9 Å². The molecular weight excluding hydrogens is 292 g/mol. The number of methoxy groups -OCH3 is 1. The lowest BCUT2D eigenvalue weighted by Crippen LogP contribution is -2.27. The van der Waals surface area contributed by atoms with Crippen LogP contribution in [-0.2, 0) is 19.6 Å². The summed E-state index contributed by atoms with van der Waals surface area (Å²) in [4.78, 5) is 11.4. The number of amides is 1. The Hall–Kier alpha value is -1.10. The predicted octanol–water partition coefficient (Wildman–Crippen LogP) is 0.0573. The third kappa shape index (κ3) is 4.82. The van der Waals surface area contributed by atoms with Crippen molar-refractivity contribution in [1.29, 1.82) is 0 Å². The van der Waals surface area contributed by atoms with Crippen LogP contribution >= 0.6 is 11.3 Å². The normalized spacial score (nSPS) is 11.8. The minimum Gasteiger partial charge on any atom is -0.383 e. The van der Waals surface area contributed by atoms with Gasteiger partial charge in [0.2, 0.25) is 15.4 Å². The number of sulfonamides is 1. The lowest BCUT2D eigenvalue weighted by atomic mass is 10.2. The molecule has 0 atom stereocenters. The van der Waals surface area contributed by atoms with E-state index in [-0.39, 0.29) is 34.4 Å². The van der Waals surface area contributed by atoms with Gasteiger partial charge in [-0.1, -0.05) is 25.2 Å². The van der Waals surface area contributed by atoms with Crippen LogP contribution in [0.25, 0.3) is 0 Å². The number of carbonyl (C=O) groups excluding carboxylic acids is 1. The third-order valence-electron chi connectivity index (χ3n) is 1.99. The SMILES string of the molecule is COCCNS(=O)(=O)c1nnc(NC(=O)C(C)C)s1. The highest BCUT2D eigenvalue weighted by Crippen LogP contribution is 2.20. The number of anilines is 1. The number of ether oxygens (including phenoxy) is 1. The van der Waals surface area contributed by atoms with Crippen molar-refractivity contribution in [2.45, 2.75) is 18.2 Å². The fourth-order valence-electron chi connectivity index (χ4n) is 0.958. The Labute approximate surface area is 115 Å². The molecule has 1 amide bonds. The van der Waals surface area contributed by atoms with Crippen molar-refractivity contribution in [3.63, 3.8) is 0 Å². The molecule has 1 aromatic heterocycles. The molecule has 2 N–H and O–H groups in total. The van der Waals surface area contributed by atoms with Crippen LogP contribution < -0.4 is 10.0 Å². The van der Waals surface area contributed by atoms with Crippen LogP contribution in [0.2, 0.25) is 0 Å². The smallest absolute Gasteiger partial charge is 0.269 e. The molecule has 0 aliphatic rings. The lowest BCUT2D eigenvalue weighted by Gasteiger charge is -2.03. The first-order chi connectivity index (χ1) is 8.86. The van der Waals surface area contributed by atoms with Crippen molar-refractivity contribution in [2.24, 2.45) is 5.92 Å². The van der Waals surface area contributed by atoms with E-state index in [0.717, 1.165) is 11.3 Å². The summed E-state index contributed by atoms with van der Waals surface area (Å²) < 4.78 is 30.4. The molecule has 8 nitrogen and oxygen atoms in total. The van der Waals surface area contributed by atoms with Crippen LogP contribution in [0, 0.1) is 5.92 Å². The molecular formula is C9H16N4O4S2. The van der Waals surface area contributed by atoms with Gasteiger partial charge < -0.3 is 10.1 Å². The number of nitrogens with one attached hydrogen (secondary N) is 2. The molecule has 108 valence electrons. The molecule has 0 saturated carbocycles. The second-order valence-electron chi connectivity index (χ2n) is 3.91. The zero-order valence-electron chi connectivity index (χ0n) is 10.8. The lowest BCUT2D eigenvalue weighted by molar-refractivity contribution is -0.118. The molecule has 0 spiro atoms. The molecule has 1 aromatic rings. The first kappa shape index (κ1) is 16.0. The topological polar surface area (TPSA) is 110 Å². The number of rotatable bonds is 7. The highest BCUT2D eigenvalue weighted by molar-refractivity contribution is 7.91. The number of hydrogen-bond acceptors (Lipinski definition) is 7. The van der Waals surface area contributed by atoms with Crippen LogP contribution in [0.4, 0.5) is 5.13 Å². The Morgan fingerprint density at radius 1 is 1.42 bits per heavy atom. The van der Waals surface area contributed by atoms with Gasteiger partial charge in [0.05, 0.1) is 6.61 Å². The quantitative estimate of drug-likeness (QED) is 0.544. The van der Waals surface area contributed by atoms with E-state index in [0.29, 0.717) is 0 Å². The molecule has 19 heavy (non-hydrogen) atoms. The Bertz CT molecular complexity index is 526. The van der Waals surface area contributed by atoms with Gasteiger partial charge in [-0.25, -0.2) is 13.1 Å². The van der Waals surface area contributed by atoms with Gasteiger partial charge in [0.15, 0.2) is 0 Å². The van der Waals surface area contributed by atoms with Gasteiger partial charge in [0, 0.05) is 19.6 Å². The summed E-state index contributed by atoms with van der Waals surface area (Å²) in [6, 6.07) is 0. The molecule has 10 heteroatoms. The van der Waals surface area contributed by atoms with Gasteiger partial charge >= 0.3 is 0 Å². The molecule has 0 bridgehead atoms. The third-order valence-corrected chi connectivity index (χ3v) is 4.66. The Morgan fingerprint density at radius 2 is 2.11 bits per heavy atom. The van der Waals surface area contributed by atoms with Crippen LogP contribution in [0.15, 0.2) is 4.34 Å². The summed E-state index contributed by atoms with van der Waals surface area (Å²) in [7, 11) is -2.23. The van der Waals surface area contributed by atoms with E-state index in [9.17, 15) is 13.2 Å². The molecule has 0 aliphatic heterocycles. The van der Waals surface area contributed by atoms with E-state index in [1.165, 1.54) is 7.11 Å². The fraction of sp³-hybridized carbons (Fsp3) is 0.667. The first-order valence-electron chi connectivity index (χ1n) is 5.50. The molecule has 1 heterocycles. The zero-order chi connectivity index (χ0) is 14.5. The van der Waals surface area contributed by atoms with Gasteiger partial charge in [-0.2, -0.15) is 0 Å². The van der Waals surface area contributed by atoms with Crippen LogP contribution in [0.1, 0.15) is 13.8 Å². The summed E-state index contributed by atoms with van der Waals surface area (Å²) in [6.45, 7) is 3.85. The largest absolute Gasteiger partial charge is 0.383 e. The molecule has 0 aliphatic carbocycles. The summed E-state index contributed by atoms with van der Waals surface area (Å²) >= 11 is 0.798. The average Bonchev–Trinajstić information content (AvgIpc) is 2.78. The Kier molecular flexibility index (Phi) is 5.79. The zero-order valence-corrected chi connectivity index (χ0v) is 12.5. The van der Waals surface area contributed by atoms with Gasteiger partial charge in [0.25, 0.3) is 10.0 Å². The van der Waals surface area contributed by atoms with Gasteiger partial charge in [-0.15, -0.1) is 10.2 Å². The number of nitrogens with zero attached hydrogens (tertiary/aromatic N) is 2. The summed E-state index contributed by atoms with van der Waals surface area (Å²) in [6.07, 6.45) is 0. The summed E-state index contributed by atoms with van der Waals surface area (Å²) in [5.74, 6) is -0.462. The summed E-state index contributed by atoms with van der Waals surface area (Å²) in [5.41, 5.74) is 0. The summed E-state index contributed by atoms with van der Waals surface area (Å²) in [5, 5.41) is 9.81. The maximum atomic E-state index is 11.8. The number of aromatic nitrogens is 2. The van der Waals surface area contributed by atoms with Crippen LogP contribution in [-0.4, -0.2) is 44.8 Å². The Morgan fingerprint density at radius 3 is 2.68 bits per heavy atom. The van der Waals surface area contributed by atoms with Crippen LogP contribution in [0.3, 0.4) is 0 Å². The molecule has 0 unspecified atom stereocenters. The Balaban J connectivity index is 2.70. The fourth-order valence-corrected chi connectivity index (χ4v) is 2.92. The molecule has 0 saturated heterocycles. The van der Waals surface area contributed by atoms with Gasteiger partial charge in [-0.05, 0) is 0 Å². The minimum absolute atomic E-state index is 0.145. The predicted molar refractivity (Wildman–Crippen MR) is 70.4 cm³/mol. The van der Waals surface area contributed by atoms with Crippen LogP contribution in [0.5, 0.6) is 0 Å². The van der Waals surface area contributed by atoms with Gasteiger partial charge in [0.1, 0.15) is 0 Å². The highest BCUT2D eigenvalue weighted by atomic mass is 32.2. The van der Waals surface area contributed by atoms with Gasteiger partial charge in [-0.3, -0.25) is 4.79 Å². The van der Waals surface area contributed by atoms with E-state index in [2.05, 4.69) is 20.2 Å². The van der Waals surface area contributed by atoms with Crippen molar-refractivity contribution >= 4 is 32.4 Å².